The van der Waals surface area contributed by atoms with Gasteiger partial charge < -0.3 is 10.4 Å². The van der Waals surface area contributed by atoms with Gasteiger partial charge in [0, 0.05) is 15.9 Å². The number of hydrogen-bond acceptors (Lipinski definition) is 3. The topological polar surface area (TPSA) is 66.4 Å². The first-order chi connectivity index (χ1) is 8.58. The van der Waals surface area contributed by atoms with Gasteiger partial charge in [0.15, 0.2) is 0 Å². The van der Waals surface area contributed by atoms with Gasteiger partial charge in [-0.15, -0.1) is 11.8 Å². The summed E-state index contributed by atoms with van der Waals surface area (Å²) in [7, 11) is 0. The molecule has 0 heterocycles. The van der Waals surface area contributed by atoms with E-state index in [9.17, 15) is 9.59 Å². The summed E-state index contributed by atoms with van der Waals surface area (Å²) < 4.78 is 1.11. The lowest BCUT2D eigenvalue weighted by molar-refractivity contribution is -0.133. The molecule has 0 aliphatic carbocycles. The second-order valence-electron chi connectivity index (χ2n) is 3.60. The number of thioether (sulfide) groups is 1. The number of aliphatic carboxylic acids is 1. The average molecular weight is 379 g/mol. The van der Waals surface area contributed by atoms with Gasteiger partial charge in [0.2, 0.25) is 5.91 Å². The zero-order valence-corrected chi connectivity index (χ0v) is 12.7. The maximum Gasteiger partial charge on any atom is 0.313 e. The van der Waals surface area contributed by atoms with E-state index in [0.717, 1.165) is 9.13 Å². The molecule has 2 N–H and O–H groups in total. The molecule has 0 radical (unpaired) electrons. The summed E-state index contributed by atoms with van der Waals surface area (Å²) in [5.41, 5.74) is 0.984. The predicted octanol–water partition coefficient (Wildman–Crippen LogP) is 1.77. The third kappa shape index (κ3) is 6.85. The van der Waals surface area contributed by atoms with Gasteiger partial charge in [-0.1, -0.05) is 12.1 Å². The highest BCUT2D eigenvalue weighted by atomic mass is 127. The number of carboxylic acid groups (broad SMARTS) is 1. The van der Waals surface area contributed by atoms with Crippen molar-refractivity contribution in [3.05, 3.63) is 33.4 Å². The Morgan fingerprint density at radius 1 is 1.39 bits per heavy atom. The Bertz CT molecular complexity index is 426. The van der Waals surface area contributed by atoms with Crippen molar-refractivity contribution in [3.8, 4) is 0 Å². The lowest BCUT2D eigenvalue weighted by Gasteiger charge is -2.05. The van der Waals surface area contributed by atoms with Crippen molar-refractivity contribution in [3.63, 3.8) is 0 Å². The van der Waals surface area contributed by atoms with Gasteiger partial charge in [0.05, 0.1) is 12.2 Å². The first-order valence-electron chi connectivity index (χ1n) is 5.38. The maximum absolute atomic E-state index is 11.6. The molecule has 4 nitrogen and oxygen atoms in total. The molecule has 1 rings (SSSR count). The Morgan fingerprint density at radius 2 is 2.17 bits per heavy atom. The Balaban J connectivity index is 2.20. The molecule has 1 aromatic carbocycles. The van der Waals surface area contributed by atoms with E-state index < -0.39 is 5.97 Å². The standard InChI is InChI=1S/C12H14INO3S/c13-10-3-1-2-9(6-10)7-11(15)14-4-5-18-8-12(16)17/h1-3,6H,4-5,7-8H2,(H,14,15)(H,16,17). The third-order valence-corrected chi connectivity index (χ3v) is 3.66. The van der Waals surface area contributed by atoms with E-state index in [-0.39, 0.29) is 11.7 Å². The fourth-order valence-electron chi connectivity index (χ4n) is 1.32. The molecule has 0 atom stereocenters. The van der Waals surface area contributed by atoms with E-state index in [0.29, 0.717) is 18.7 Å². The van der Waals surface area contributed by atoms with Crippen LogP contribution in [0, 0.1) is 3.57 Å². The highest BCUT2D eigenvalue weighted by Gasteiger charge is 2.03. The number of halogens is 1. The van der Waals surface area contributed by atoms with Crippen LogP contribution in [0.5, 0.6) is 0 Å². The number of rotatable bonds is 7. The van der Waals surface area contributed by atoms with Crippen molar-refractivity contribution in [1.29, 1.82) is 0 Å². The minimum atomic E-state index is -0.829. The summed E-state index contributed by atoms with van der Waals surface area (Å²) >= 11 is 3.50. The predicted molar refractivity (Wildman–Crippen MR) is 80.8 cm³/mol. The van der Waals surface area contributed by atoms with E-state index in [2.05, 4.69) is 27.9 Å². The zero-order valence-electron chi connectivity index (χ0n) is 9.69. The van der Waals surface area contributed by atoms with Crippen molar-refractivity contribution in [1.82, 2.24) is 5.32 Å². The second-order valence-corrected chi connectivity index (χ2v) is 5.95. The van der Waals surface area contributed by atoms with Gasteiger partial charge in [-0.2, -0.15) is 0 Å². The Hall–Kier alpha value is -0.760. The number of nitrogens with one attached hydrogen (secondary N) is 1. The number of hydrogen-bond donors (Lipinski definition) is 2. The highest BCUT2D eigenvalue weighted by molar-refractivity contribution is 14.1. The maximum atomic E-state index is 11.6. The van der Waals surface area contributed by atoms with Crippen LogP contribution in [0.1, 0.15) is 5.56 Å². The summed E-state index contributed by atoms with van der Waals surface area (Å²) in [6.07, 6.45) is 0.362. The van der Waals surface area contributed by atoms with Crippen LogP contribution < -0.4 is 5.32 Å². The molecule has 0 aliphatic heterocycles. The van der Waals surface area contributed by atoms with Gasteiger partial charge in [0.1, 0.15) is 0 Å². The summed E-state index contributed by atoms with van der Waals surface area (Å²) in [6.45, 7) is 0.501. The van der Waals surface area contributed by atoms with Crippen LogP contribution in [0.4, 0.5) is 0 Å². The minimum Gasteiger partial charge on any atom is -0.481 e. The molecule has 0 saturated heterocycles. The summed E-state index contributed by atoms with van der Waals surface area (Å²) in [5.74, 6) is -0.171. The van der Waals surface area contributed by atoms with Gasteiger partial charge in [-0.3, -0.25) is 9.59 Å². The first kappa shape index (κ1) is 15.3. The van der Waals surface area contributed by atoms with E-state index in [4.69, 9.17) is 5.11 Å². The van der Waals surface area contributed by atoms with E-state index in [1.165, 1.54) is 11.8 Å². The van der Waals surface area contributed by atoms with Crippen molar-refractivity contribution in [2.75, 3.05) is 18.1 Å². The Kier molecular flexibility index (Phi) is 7.11. The fraction of sp³-hybridized carbons (Fsp3) is 0.333. The lowest BCUT2D eigenvalue weighted by atomic mass is 10.1. The minimum absolute atomic E-state index is 0.0343. The number of carbonyl (C=O) groups is 2. The molecule has 0 aromatic heterocycles. The third-order valence-electron chi connectivity index (χ3n) is 2.05. The quantitative estimate of drug-likeness (QED) is 0.560. The number of carbonyl (C=O) groups excluding carboxylic acids is 1. The second kappa shape index (κ2) is 8.36. The molecule has 6 heteroatoms. The van der Waals surface area contributed by atoms with Crippen LogP contribution in [0.3, 0.4) is 0 Å². The molecule has 0 unspecified atom stereocenters. The molecule has 1 aromatic rings. The van der Waals surface area contributed by atoms with Gasteiger partial charge in [-0.25, -0.2) is 0 Å². The van der Waals surface area contributed by atoms with E-state index in [1.54, 1.807) is 0 Å². The molecule has 0 bridgehead atoms. The molecule has 98 valence electrons. The van der Waals surface area contributed by atoms with Crippen LogP contribution in [-0.4, -0.2) is 35.0 Å². The molecule has 0 spiro atoms. The number of carboxylic acids is 1. The van der Waals surface area contributed by atoms with E-state index in [1.807, 2.05) is 24.3 Å². The Morgan fingerprint density at radius 3 is 2.83 bits per heavy atom. The molecule has 1 amide bonds. The number of amides is 1. The fourth-order valence-corrected chi connectivity index (χ4v) is 2.49. The summed E-state index contributed by atoms with van der Waals surface area (Å²) in [5, 5.41) is 11.2. The van der Waals surface area contributed by atoms with Gasteiger partial charge in [-0.05, 0) is 40.3 Å². The van der Waals surface area contributed by atoms with Crippen molar-refractivity contribution in [2.45, 2.75) is 6.42 Å². The SMILES string of the molecule is O=C(O)CSCCNC(=O)Cc1cccc(I)c1. The molecule has 0 fully saturated rings. The van der Waals surface area contributed by atoms with Crippen LogP contribution in [0.25, 0.3) is 0 Å². The first-order valence-corrected chi connectivity index (χ1v) is 7.62. The van der Waals surface area contributed by atoms with Gasteiger partial charge >= 0.3 is 5.97 Å². The monoisotopic (exact) mass is 379 g/mol. The molecular formula is C12H14INO3S. The van der Waals surface area contributed by atoms with Crippen LogP contribution in [0.15, 0.2) is 24.3 Å². The van der Waals surface area contributed by atoms with Crippen LogP contribution in [0.2, 0.25) is 0 Å². The largest absolute Gasteiger partial charge is 0.481 e. The van der Waals surface area contributed by atoms with Crippen molar-refractivity contribution < 1.29 is 14.7 Å². The molecule has 0 saturated carbocycles. The molecule has 0 aliphatic rings. The van der Waals surface area contributed by atoms with E-state index >= 15 is 0 Å². The average Bonchev–Trinajstić information content (AvgIpc) is 2.28. The number of benzene rings is 1. The normalized spacial score (nSPS) is 10.1. The highest BCUT2D eigenvalue weighted by Crippen LogP contribution is 2.08. The lowest BCUT2D eigenvalue weighted by Crippen LogP contribution is -2.27. The Labute approximate surface area is 124 Å². The van der Waals surface area contributed by atoms with Crippen molar-refractivity contribution in [2.24, 2.45) is 0 Å². The molecular weight excluding hydrogens is 365 g/mol. The summed E-state index contributed by atoms with van der Waals surface area (Å²) in [6, 6.07) is 7.79. The molecule has 18 heavy (non-hydrogen) atoms. The van der Waals surface area contributed by atoms with Crippen LogP contribution in [-0.2, 0) is 16.0 Å². The van der Waals surface area contributed by atoms with Gasteiger partial charge in [0.25, 0.3) is 0 Å². The summed E-state index contributed by atoms with van der Waals surface area (Å²) in [4.78, 5) is 21.8. The van der Waals surface area contributed by atoms with Crippen molar-refractivity contribution >= 4 is 46.2 Å². The smallest absolute Gasteiger partial charge is 0.313 e. The zero-order chi connectivity index (χ0) is 13.4. The van der Waals surface area contributed by atoms with Crippen LogP contribution >= 0.6 is 34.4 Å².